The van der Waals surface area contributed by atoms with E-state index in [4.69, 9.17) is 0 Å². The van der Waals surface area contributed by atoms with E-state index in [1.165, 1.54) is 17.5 Å². The second kappa shape index (κ2) is 12.1. The molecule has 8 nitrogen and oxygen atoms in total. The lowest BCUT2D eigenvalue weighted by Gasteiger charge is -2.32. The minimum absolute atomic E-state index is 0. The molecule has 0 aliphatic carbocycles. The largest absolute Gasteiger partial charge is 0.350 e. The fraction of sp³-hybridized carbons (Fsp3) is 0.704. The van der Waals surface area contributed by atoms with Crippen molar-refractivity contribution in [3.63, 3.8) is 0 Å². The quantitative estimate of drug-likeness (QED) is 0.699. The summed E-state index contributed by atoms with van der Waals surface area (Å²) in [5.41, 5.74) is 2.61. The molecule has 2 aliphatic heterocycles. The van der Waals surface area contributed by atoms with Crippen LogP contribution < -0.4 is 10.2 Å². The summed E-state index contributed by atoms with van der Waals surface area (Å²) < 4.78 is 0. The summed E-state index contributed by atoms with van der Waals surface area (Å²) in [6.07, 6.45) is 8.93. The maximum Gasteiger partial charge on any atom is 0.225 e. The van der Waals surface area contributed by atoms with Crippen molar-refractivity contribution >= 4 is 11.9 Å². The highest BCUT2D eigenvalue weighted by Crippen LogP contribution is 2.22. The average molecular weight is 485 g/mol. The molecule has 196 valence electrons. The van der Waals surface area contributed by atoms with Crippen LogP contribution in [0, 0.1) is 0 Å². The van der Waals surface area contributed by atoms with Gasteiger partial charge in [0.05, 0.1) is 0 Å². The minimum atomic E-state index is 0. The van der Waals surface area contributed by atoms with Crippen LogP contribution >= 0.6 is 0 Å². The van der Waals surface area contributed by atoms with Gasteiger partial charge in [-0.3, -0.25) is 0 Å². The van der Waals surface area contributed by atoms with Crippen LogP contribution in [0.25, 0.3) is 0 Å². The highest BCUT2D eigenvalue weighted by molar-refractivity contribution is 5.32. The van der Waals surface area contributed by atoms with Gasteiger partial charge in [0.25, 0.3) is 0 Å². The van der Waals surface area contributed by atoms with E-state index in [-0.39, 0.29) is 18.3 Å². The Bertz CT molecular complexity index is 875. The Morgan fingerprint density at radius 3 is 1.63 bits per heavy atom. The summed E-state index contributed by atoms with van der Waals surface area (Å²) >= 11 is 0. The molecule has 0 radical (unpaired) electrons. The molecule has 0 amide bonds. The van der Waals surface area contributed by atoms with Gasteiger partial charge in [-0.15, -0.1) is 0 Å². The number of likely N-dealkylation sites (N-methyl/N-ethyl adjacent to an activating group) is 2. The molecule has 2 aromatic heterocycles. The van der Waals surface area contributed by atoms with Gasteiger partial charge in [-0.05, 0) is 49.0 Å². The molecule has 0 saturated carbocycles. The number of piperazine rings is 1. The van der Waals surface area contributed by atoms with Crippen molar-refractivity contribution < 1.29 is 0 Å². The Morgan fingerprint density at radius 2 is 1.20 bits per heavy atom. The third kappa shape index (κ3) is 8.69. The summed E-state index contributed by atoms with van der Waals surface area (Å²) in [6.45, 7) is 19.5. The van der Waals surface area contributed by atoms with Gasteiger partial charge in [0, 0.05) is 63.6 Å². The fourth-order valence-corrected chi connectivity index (χ4v) is 3.90. The van der Waals surface area contributed by atoms with Crippen LogP contribution in [0.3, 0.4) is 0 Å². The Morgan fingerprint density at radius 1 is 0.714 bits per heavy atom. The first-order chi connectivity index (χ1) is 15.9. The van der Waals surface area contributed by atoms with Crippen LogP contribution in [0.4, 0.5) is 11.9 Å². The summed E-state index contributed by atoms with van der Waals surface area (Å²) in [7, 11) is 4.30. The van der Waals surface area contributed by atoms with Gasteiger partial charge in [-0.2, -0.15) is 0 Å². The summed E-state index contributed by atoms with van der Waals surface area (Å²) in [6, 6.07) is 0.487. The van der Waals surface area contributed by atoms with Crippen LogP contribution in [-0.4, -0.2) is 89.1 Å². The van der Waals surface area contributed by atoms with E-state index in [0.717, 1.165) is 51.2 Å². The fourth-order valence-electron chi connectivity index (χ4n) is 3.90. The predicted molar refractivity (Wildman–Crippen MR) is 147 cm³/mol. The maximum absolute atomic E-state index is 4.49. The lowest BCUT2D eigenvalue weighted by Crippen LogP contribution is -2.45. The lowest BCUT2D eigenvalue weighted by atomic mass is 9.89. The number of hydrogen-bond acceptors (Lipinski definition) is 8. The van der Waals surface area contributed by atoms with Crippen molar-refractivity contribution in [3.8, 4) is 0 Å². The topological polar surface area (TPSA) is 73.3 Å². The first-order valence-electron chi connectivity index (χ1n) is 12.5. The molecule has 2 aromatic rings. The van der Waals surface area contributed by atoms with E-state index in [0.29, 0.717) is 6.04 Å². The molecule has 1 atom stereocenters. The van der Waals surface area contributed by atoms with Crippen LogP contribution in [0.2, 0.25) is 0 Å². The Labute approximate surface area is 213 Å². The number of nitrogens with one attached hydrogen (secondary N) is 1. The van der Waals surface area contributed by atoms with Gasteiger partial charge in [0.1, 0.15) is 0 Å². The van der Waals surface area contributed by atoms with Gasteiger partial charge in [-0.1, -0.05) is 49.0 Å². The molecule has 1 unspecified atom stereocenters. The Kier molecular flexibility index (Phi) is 9.98. The van der Waals surface area contributed by atoms with E-state index in [9.17, 15) is 0 Å². The Balaban J connectivity index is 0.000000240. The molecule has 2 aliphatic rings. The number of likely N-dealkylation sites (tertiary alicyclic amines) is 1. The summed E-state index contributed by atoms with van der Waals surface area (Å²) in [4.78, 5) is 24.7. The summed E-state index contributed by atoms with van der Waals surface area (Å²) in [5.74, 6) is 1.62. The molecule has 35 heavy (non-hydrogen) atoms. The molecule has 0 spiro atoms. The van der Waals surface area contributed by atoms with Crippen molar-refractivity contribution in [1.29, 1.82) is 0 Å². The first-order valence-corrected chi connectivity index (χ1v) is 12.5. The van der Waals surface area contributed by atoms with E-state index in [1.807, 2.05) is 24.8 Å². The molecule has 2 fully saturated rings. The van der Waals surface area contributed by atoms with Crippen LogP contribution in [0.5, 0.6) is 0 Å². The van der Waals surface area contributed by atoms with Gasteiger partial charge >= 0.3 is 0 Å². The van der Waals surface area contributed by atoms with Gasteiger partial charge in [0.2, 0.25) is 11.9 Å². The Hall–Kier alpha value is -2.32. The van der Waals surface area contributed by atoms with Gasteiger partial charge in [-0.25, -0.2) is 19.9 Å². The van der Waals surface area contributed by atoms with E-state index < -0.39 is 0 Å². The standard InChI is InChI=1S/2C13H22N4.CH4/c1-13(2,3)11-9-14-12(15-10-11)17-7-5-16(4)6-8-17;1-13(2,3)10-7-14-12(15-8-10)16-11-5-6-17(4)9-11;/h9-10H,5-8H2,1-4H3;7-8,11H,5-6,9H2,1-4H3,(H,14,15,16);1H4. The highest BCUT2D eigenvalue weighted by Gasteiger charge is 2.21. The molecular weight excluding hydrogens is 436 g/mol. The number of anilines is 2. The smallest absolute Gasteiger partial charge is 0.225 e. The molecular formula is C27H48N8. The third-order valence-electron chi connectivity index (χ3n) is 6.53. The summed E-state index contributed by atoms with van der Waals surface area (Å²) in [5, 5.41) is 3.39. The van der Waals surface area contributed by atoms with Crippen molar-refractivity contribution in [3.05, 3.63) is 35.9 Å². The van der Waals surface area contributed by atoms with Gasteiger partial charge in [0.15, 0.2) is 0 Å². The number of rotatable bonds is 3. The van der Waals surface area contributed by atoms with Crippen LogP contribution in [0.1, 0.15) is 66.5 Å². The zero-order chi connectivity index (χ0) is 24.9. The lowest BCUT2D eigenvalue weighted by molar-refractivity contribution is 0.311. The zero-order valence-electron chi connectivity index (χ0n) is 22.5. The third-order valence-corrected chi connectivity index (χ3v) is 6.53. The molecule has 0 aromatic carbocycles. The molecule has 8 heteroatoms. The van der Waals surface area contributed by atoms with E-state index in [2.05, 4.69) is 95.6 Å². The van der Waals surface area contributed by atoms with E-state index in [1.54, 1.807) is 0 Å². The molecule has 4 rings (SSSR count). The SMILES string of the molecule is C.CN1CCC(Nc2ncc(C(C)(C)C)cn2)C1.CN1CCN(c2ncc(C(C)(C)C)cn2)CC1. The van der Waals surface area contributed by atoms with Gasteiger partial charge < -0.3 is 20.0 Å². The molecule has 0 bridgehead atoms. The highest BCUT2D eigenvalue weighted by atomic mass is 15.3. The predicted octanol–water partition coefficient (Wildman–Crippen LogP) is 4.05. The molecule has 4 heterocycles. The van der Waals surface area contributed by atoms with Crippen LogP contribution in [0.15, 0.2) is 24.8 Å². The monoisotopic (exact) mass is 484 g/mol. The van der Waals surface area contributed by atoms with Crippen molar-refractivity contribution in [1.82, 2.24) is 29.7 Å². The van der Waals surface area contributed by atoms with Crippen LogP contribution in [-0.2, 0) is 10.8 Å². The van der Waals surface area contributed by atoms with Crippen molar-refractivity contribution in [2.45, 2.75) is 72.3 Å². The normalized spacial score (nSPS) is 19.5. The zero-order valence-corrected chi connectivity index (χ0v) is 22.5. The minimum Gasteiger partial charge on any atom is -0.350 e. The van der Waals surface area contributed by atoms with Crippen molar-refractivity contribution in [2.24, 2.45) is 0 Å². The first kappa shape index (κ1) is 28.9. The second-order valence-electron chi connectivity index (χ2n) is 11.7. The molecule has 2 saturated heterocycles. The number of hydrogen-bond donors (Lipinski definition) is 1. The molecule has 1 N–H and O–H groups in total. The number of nitrogens with zero attached hydrogens (tertiary/aromatic N) is 7. The van der Waals surface area contributed by atoms with Crippen molar-refractivity contribution in [2.75, 3.05) is 63.6 Å². The second-order valence-corrected chi connectivity index (χ2v) is 11.7. The van der Waals surface area contributed by atoms with E-state index >= 15 is 0 Å². The maximum atomic E-state index is 4.49. The number of aromatic nitrogens is 4. The average Bonchev–Trinajstić information content (AvgIpc) is 3.18.